The molecule has 2 aromatic rings. The third-order valence-electron chi connectivity index (χ3n) is 2.01. The van der Waals surface area contributed by atoms with Crippen LogP contribution in [0.2, 0.25) is 0 Å². The molecule has 16 heavy (non-hydrogen) atoms. The highest BCUT2D eigenvalue weighted by atomic mass is 35.5. The number of hydrogen-bond acceptors (Lipinski definition) is 4. The smallest absolute Gasteiger partial charge is 0.247 e. The summed E-state index contributed by atoms with van der Waals surface area (Å²) in [5, 5.41) is 14.6. The fourth-order valence-corrected chi connectivity index (χ4v) is 1.35. The third kappa shape index (κ3) is 2.49. The molecule has 2 rings (SSSR count). The number of aromatic nitrogens is 4. The predicted octanol–water partition coefficient (Wildman–Crippen LogP) is 1.70. The molecule has 0 aliphatic carbocycles. The summed E-state index contributed by atoms with van der Waals surface area (Å²) >= 11 is 5.85. The minimum Gasteiger partial charge on any atom is -0.351 e. The van der Waals surface area contributed by atoms with Gasteiger partial charge in [0.2, 0.25) is 5.95 Å². The first-order chi connectivity index (χ1) is 7.77. The molecule has 1 aromatic heterocycles. The van der Waals surface area contributed by atoms with Crippen LogP contribution in [0.1, 0.15) is 6.92 Å². The van der Waals surface area contributed by atoms with E-state index in [-0.39, 0.29) is 5.38 Å². The van der Waals surface area contributed by atoms with Crippen LogP contribution in [-0.4, -0.2) is 32.1 Å². The highest BCUT2D eigenvalue weighted by molar-refractivity contribution is 6.20. The number of anilines is 1. The summed E-state index contributed by atoms with van der Waals surface area (Å²) in [6.45, 7) is 2.53. The summed E-state index contributed by atoms with van der Waals surface area (Å²) in [5.74, 6) is 0.596. The minimum atomic E-state index is 0.0286. The molecule has 0 radical (unpaired) electrons. The molecule has 0 fully saturated rings. The summed E-state index contributed by atoms with van der Waals surface area (Å²) < 4.78 is 1.64. The number of nitrogens with zero attached hydrogens (tertiary/aromatic N) is 4. The van der Waals surface area contributed by atoms with Crippen molar-refractivity contribution < 1.29 is 0 Å². The molecule has 0 aliphatic rings. The molecule has 0 amide bonds. The molecule has 1 N–H and O–H groups in total. The van der Waals surface area contributed by atoms with E-state index in [0.717, 1.165) is 5.69 Å². The lowest BCUT2D eigenvalue weighted by molar-refractivity contribution is 0.788. The zero-order chi connectivity index (χ0) is 11.4. The van der Waals surface area contributed by atoms with Crippen molar-refractivity contribution in [2.45, 2.75) is 12.3 Å². The average Bonchev–Trinajstić information content (AvgIpc) is 2.75. The molecule has 1 unspecified atom stereocenters. The third-order valence-corrected chi connectivity index (χ3v) is 2.17. The molecule has 1 aromatic carbocycles. The topological polar surface area (TPSA) is 55.6 Å². The van der Waals surface area contributed by atoms with Crippen molar-refractivity contribution in [3.05, 3.63) is 30.3 Å². The number of tetrazole rings is 1. The fraction of sp³-hybridized carbons (Fsp3) is 0.300. The SMILES string of the molecule is CC(Cl)CNc1nnnn1-c1ccccc1. The highest BCUT2D eigenvalue weighted by Gasteiger charge is 2.07. The number of halogens is 1. The first-order valence-electron chi connectivity index (χ1n) is 4.99. The van der Waals surface area contributed by atoms with E-state index in [0.29, 0.717) is 12.5 Å². The largest absolute Gasteiger partial charge is 0.351 e. The van der Waals surface area contributed by atoms with E-state index in [9.17, 15) is 0 Å². The van der Waals surface area contributed by atoms with Crippen LogP contribution in [0.25, 0.3) is 5.69 Å². The maximum Gasteiger partial charge on any atom is 0.247 e. The minimum absolute atomic E-state index is 0.0286. The molecule has 0 saturated carbocycles. The van der Waals surface area contributed by atoms with Crippen LogP contribution in [-0.2, 0) is 0 Å². The fourth-order valence-electron chi connectivity index (χ4n) is 1.27. The van der Waals surface area contributed by atoms with Gasteiger partial charge in [-0.25, -0.2) is 0 Å². The van der Waals surface area contributed by atoms with E-state index in [1.165, 1.54) is 0 Å². The normalized spacial score (nSPS) is 12.4. The molecule has 84 valence electrons. The zero-order valence-electron chi connectivity index (χ0n) is 8.84. The van der Waals surface area contributed by atoms with Crippen molar-refractivity contribution in [3.63, 3.8) is 0 Å². The van der Waals surface area contributed by atoms with Crippen LogP contribution in [0.4, 0.5) is 5.95 Å². The van der Waals surface area contributed by atoms with Crippen molar-refractivity contribution in [1.29, 1.82) is 0 Å². The molecule has 1 heterocycles. The number of alkyl halides is 1. The monoisotopic (exact) mass is 237 g/mol. The van der Waals surface area contributed by atoms with Crippen molar-refractivity contribution in [2.75, 3.05) is 11.9 Å². The number of rotatable bonds is 4. The van der Waals surface area contributed by atoms with Crippen LogP contribution in [0.5, 0.6) is 0 Å². The van der Waals surface area contributed by atoms with E-state index in [1.54, 1.807) is 4.68 Å². The van der Waals surface area contributed by atoms with Crippen molar-refractivity contribution >= 4 is 17.5 Å². The Kier molecular flexibility index (Phi) is 3.36. The lowest BCUT2D eigenvalue weighted by atomic mass is 10.3. The van der Waals surface area contributed by atoms with Crippen LogP contribution in [0.3, 0.4) is 0 Å². The summed E-state index contributed by atoms with van der Waals surface area (Å²) in [6, 6.07) is 9.69. The first-order valence-corrected chi connectivity index (χ1v) is 5.43. The zero-order valence-corrected chi connectivity index (χ0v) is 9.59. The van der Waals surface area contributed by atoms with E-state index in [1.807, 2.05) is 37.3 Å². The van der Waals surface area contributed by atoms with Crippen LogP contribution in [0, 0.1) is 0 Å². The van der Waals surface area contributed by atoms with Gasteiger partial charge in [0.15, 0.2) is 0 Å². The Morgan fingerprint density at radius 2 is 2.12 bits per heavy atom. The quantitative estimate of drug-likeness (QED) is 0.823. The molecular formula is C10H12ClN5. The number of para-hydroxylation sites is 1. The van der Waals surface area contributed by atoms with Crippen molar-refractivity contribution in [1.82, 2.24) is 20.2 Å². The van der Waals surface area contributed by atoms with Crippen molar-refractivity contribution in [2.24, 2.45) is 0 Å². The van der Waals surface area contributed by atoms with Gasteiger partial charge in [0.05, 0.1) is 5.69 Å². The molecule has 0 bridgehead atoms. The average molecular weight is 238 g/mol. The van der Waals surface area contributed by atoms with Gasteiger partial charge in [-0.1, -0.05) is 23.3 Å². The maximum absolute atomic E-state index is 5.85. The van der Waals surface area contributed by atoms with Crippen LogP contribution >= 0.6 is 11.6 Å². The molecule has 1 atom stereocenters. The van der Waals surface area contributed by atoms with E-state index < -0.39 is 0 Å². The van der Waals surface area contributed by atoms with Gasteiger partial charge in [0.25, 0.3) is 0 Å². The van der Waals surface area contributed by atoms with Gasteiger partial charge in [-0.3, -0.25) is 0 Å². The second-order valence-electron chi connectivity index (χ2n) is 3.41. The van der Waals surface area contributed by atoms with Crippen LogP contribution in [0.15, 0.2) is 30.3 Å². The van der Waals surface area contributed by atoms with E-state index in [4.69, 9.17) is 11.6 Å². The van der Waals surface area contributed by atoms with Gasteiger partial charge in [-0.2, -0.15) is 4.68 Å². The van der Waals surface area contributed by atoms with Gasteiger partial charge >= 0.3 is 0 Å². The Labute approximate surface area is 98.4 Å². The number of nitrogens with one attached hydrogen (secondary N) is 1. The molecule has 0 spiro atoms. The highest BCUT2D eigenvalue weighted by Crippen LogP contribution is 2.10. The van der Waals surface area contributed by atoms with E-state index in [2.05, 4.69) is 20.8 Å². The standard InChI is InChI=1S/C10H12ClN5/c1-8(11)7-12-10-13-14-15-16(10)9-5-3-2-4-6-9/h2-6,8H,7H2,1H3,(H,12,13,15). The summed E-state index contributed by atoms with van der Waals surface area (Å²) in [7, 11) is 0. The maximum atomic E-state index is 5.85. The van der Waals surface area contributed by atoms with Gasteiger partial charge in [0, 0.05) is 11.9 Å². The second kappa shape index (κ2) is 4.94. The Morgan fingerprint density at radius 3 is 2.81 bits per heavy atom. The number of benzene rings is 1. The number of hydrogen-bond donors (Lipinski definition) is 1. The van der Waals surface area contributed by atoms with E-state index >= 15 is 0 Å². The van der Waals surface area contributed by atoms with Gasteiger partial charge < -0.3 is 5.32 Å². The predicted molar refractivity (Wildman–Crippen MR) is 63.0 cm³/mol. The summed E-state index contributed by atoms with van der Waals surface area (Å²) in [4.78, 5) is 0. The Balaban J connectivity index is 2.19. The van der Waals surface area contributed by atoms with Gasteiger partial charge in [-0.05, 0) is 29.5 Å². The molecule has 6 heteroatoms. The van der Waals surface area contributed by atoms with Gasteiger partial charge in [-0.15, -0.1) is 11.6 Å². The van der Waals surface area contributed by atoms with Crippen molar-refractivity contribution in [3.8, 4) is 5.69 Å². The Morgan fingerprint density at radius 1 is 1.38 bits per heavy atom. The second-order valence-corrected chi connectivity index (χ2v) is 4.16. The molecule has 0 aliphatic heterocycles. The van der Waals surface area contributed by atoms with Crippen LogP contribution < -0.4 is 5.32 Å². The summed E-state index contributed by atoms with van der Waals surface area (Å²) in [6.07, 6.45) is 0. The first kappa shape index (κ1) is 10.9. The summed E-state index contributed by atoms with van der Waals surface area (Å²) in [5.41, 5.74) is 0.914. The van der Waals surface area contributed by atoms with Gasteiger partial charge in [0.1, 0.15) is 0 Å². The molecule has 5 nitrogen and oxygen atoms in total. The Bertz CT molecular complexity index is 439. The lowest BCUT2D eigenvalue weighted by Crippen LogP contribution is -2.14. The molecule has 0 saturated heterocycles. The molecular weight excluding hydrogens is 226 g/mol. The Hall–Kier alpha value is -1.62. The lowest BCUT2D eigenvalue weighted by Gasteiger charge is -2.07.